The molecule has 6 heteroatoms. The first kappa shape index (κ1) is 9.02. The third kappa shape index (κ3) is 8.02. The van der Waals surface area contributed by atoms with Crippen molar-refractivity contribution in [1.82, 2.24) is 5.32 Å². The van der Waals surface area contributed by atoms with Gasteiger partial charge in [0, 0.05) is 13.1 Å². The molecule has 0 aromatic heterocycles. The van der Waals surface area contributed by atoms with Gasteiger partial charge in [0.15, 0.2) is 0 Å². The molecule has 0 bridgehead atoms. The van der Waals surface area contributed by atoms with Crippen molar-refractivity contribution in [3.8, 4) is 0 Å². The molecule has 0 heterocycles. The van der Waals surface area contributed by atoms with Crippen LogP contribution in [0.5, 0.6) is 0 Å². The van der Waals surface area contributed by atoms with E-state index in [0.29, 0.717) is 13.1 Å². The van der Waals surface area contributed by atoms with Crippen LogP contribution in [-0.2, 0) is 0 Å². The Morgan fingerprint density at radius 2 is 1.89 bits per heavy atom. The predicted octanol–water partition coefficient (Wildman–Crippen LogP) is -3.01. The minimum Gasteiger partial charge on any atom is -0.389 e. The van der Waals surface area contributed by atoms with Crippen molar-refractivity contribution in [3.05, 3.63) is 0 Å². The van der Waals surface area contributed by atoms with Gasteiger partial charge in [-0.2, -0.15) is 0 Å². The first-order chi connectivity index (χ1) is 4.06. The molecule has 9 heavy (non-hydrogen) atoms. The summed E-state index contributed by atoms with van der Waals surface area (Å²) in [5, 5.41) is 2.56. The molecule has 0 unspecified atom stereocenters. The number of rotatable bonds is 4. The van der Waals surface area contributed by atoms with Crippen molar-refractivity contribution < 1.29 is 14.4 Å². The molecular formula is C3H12N2O3Si. The maximum Gasteiger partial charge on any atom is 0.507 e. The van der Waals surface area contributed by atoms with E-state index in [-0.39, 0.29) is 6.17 Å². The minimum atomic E-state index is -3.86. The van der Waals surface area contributed by atoms with Crippen LogP contribution < -0.4 is 11.1 Å². The van der Waals surface area contributed by atoms with E-state index >= 15 is 0 Å². The van der Waals surface area contributed by atoms with E-state index in [1.54, 1.807) is 0 Å². The second kappa shape index (κ2) is 3.93. The summed E-state index contributed by atoms with van der Waals surface area (Å²) in [5.41, 5.74) is 5.07. The molecule has 0 fully saturated rings. The SMILES string of the molecule is NCCNC[Si](O)(O)O. The van der Waals surface area contributed by atoms with Gasteiger partial charge in [-0.1, -0.05) is 0 Å². The highest BCUT2D eigenvalue weighted by molar-refractivity contribution is 6.56. The fourth-order valence-corrected chi connectivity index (χ4v) is 0.870. The van der Waals surface area contributed by atoms with Crippen molar-refractivity contribution >= 4 is 8.80 Å². The molecule has 0 aromatic carbocycles. The van der Waals surface area contributed by atoms with Gasteiger partial charge in [0.2, 0.25) is 0 Å². The molecule has 0 saturated heterocycles. The fraction of sp³-hybridized carbons (Fsp3) is 1.00. The van der Waals surface area contributed by atoms with Crippen LogP contribution in [0.4, 0.5) is 0 Å². The fourth-order valence-electron chi connectivity index (χ4n) is 0.358. The lowest BCUT2D eigenvalue weighted by molar-refractivity contribution is 0.225. The Bertz CT molecular complexity index is 73.9. The number of nitrogens with two attached hydrogens (primary N) is 1. The molecule has 0 radical (unpaired) electrons. The van der Waals surface area contributed by atoms with Crippen LogP contribution in [-0.4, -0.2) is 42.4 Å². The zero-order chi connectivity index (χ0) is 7.33. The molecule has 5 nitrogen and oxygen atoms in total. The summed E-state index contributed by atoms with van der Waals surface area (Å²) in [7, 11) is -3.86. The van der Waals surface area contributed by atoms with Crippen molar-refractivity contribution in [3.63, 3.8) is 0 Å². The maximum atomic E-state index is 8.39. The highest BCUT2D eigenvalue weighted by atomic mass is 28.4. The summed E-state index contributed by atoms with van der Waals surface area (Å²) in [6, 6.07) is 0. The minimum absolute atomic E-state index is 0.149. The summed E-state index contributed by atoms with van der Waals surface area (Å²) in [4.78, 5) is 25.2. The predicted molar refractivity (Wildman–Crippen MR) is 34.3 cm³/mol. The van der Waals surface area contributed by atoms with E-state index in [9.17, 15) is 0 Å². The second-order valence-electron chi connectivity index (χ2n) is 1.74. The van der Waals surface area contributed by atoms with Crippen LogP contribution in [0.15, 0.2) is 0 Å². The zero-order valence-electron chi connectivity index (χ0n) is 5.04. The molecule has 0 saturated carbocycles. The molecule has 56 valence electrons. The summed E-state index contributed by atoms with van der Waals surface area (Å²) in [6.45, 7) is 0.904. The Hall–Kier alpha value is 0.0169. The molecule has 0 rings (SSSR count). The average Bonchev–Trinajstić information content (AvgIpc) is 1.63. The molecule has 0 atom stereocenters. The van der Waals surface area contributed by atoms with E-state index in [1.165, 1.54) is 0 Å². The summed E-state index contributed by atoms with van der Waals surface area (Å²) < 4.78 is 0. The third-order valence-electron chi connectivity index (χ3n) is 0.683. The standard InChI is InChI=1S/C3H12N2O3Si/c4-1-2-5-3-9(6,7)8/h5-8H,1-4H2. The normalized spacial score (nSPS) is 12.0. The Kier molecular flexibility index (Phi) is 3.94. The lowest BCUT2D eigenvalue weighted by Crippen LogP contribution is -2.47. The molecule has 0 aliphatic carbocycles. The van der Waals surface area contributed by atoms with E-state index in [1.807, 2.05) is 0 Å². The van der Waals surface area contributed by atoms with Gasteiger partial charge in [0.05, 0.1) is 6.17 Å². The van der Waals surface area contributed by atoms with E-state index < -0.39 is 8.80 Å². The van der Waals surface area contributed by atoms with Gasteiger partial charge in [-0.15, -0.1) is 0 Å². The van der Waals surface area contributed by atoms with Gasteiger partial charge in [-0.3, -0.25) is 0 Å². The topological polar surface area (TPSA) is 98.7 Å². The molecule has 0 aliphatic rings. The smallest absolute Gasteiger partial charge is 0.389 e. The molecule has 0 amide bonds. The summed E-state index contributed by atoms with van der Waals surface area (Å²) >= 11 is 0. The van der Waals surface area contributed by atoms with Crippen molar-refractivity contribution in [2.45, 2.75) is 0 Å². The monoisotopic (exact) mass is 152 g/mol. The largest absolute Gasteiger partial charge is 0.507 e. The van der Waals surface area contributed by atoms with E-state index in [4.69, 9.17) is 20.1 Å². The van der Waals surface area contributed by atoms with E-state index in [2.05, 4.69) is 5.32 Å². The third-order valence-corrected chi connectivity index (χ3v) is 1.41. The van der Waals surface area contributed by atoms with Crippen LogP contribution in [0, 0.1) is 0 Å². The van der Waals surface area contributed by atoms with Gasteiger partial charge in [0.25, 0.3) is 0 Å². The van der Waals surface area contributed by atoms with Crippen LogP contribution in [0.25, 0.3) is 0 Å². The first-order valence-corrected chi connectivity index (χ1v) is 4.69. The summed E-state index contributed by atoms with van der Waals surface area (Å²) in [5.74, 6) is 0. The zero-order valence-corrected chi connectivity index (χ0v) is 6.04. The van der Waals surface area contributed by atoms with E-state index in [0.717, 1.165) is 0 Å². The molecule has 6 N–H and O–H groups in total. The average molecular weight is 152 g/mol. The molecule has 0 aliphatic heterocycles. The molecule has 0 aromatic rings. The van der Waals surface area contributed by atoms with Gasteiger partial charge in [0.1, 0.15) is 0 Å². The van der Waals surface area contributed by atoms with Crippen molar-refractivity contribution in [1.29, 1.82) is 0 Å². The number of nitrogens with one attached hydrogen (secondary N) is 1. The van der Waals surface area contributed by atoms with Crippen molar-refractivity contribution in [2.75, 3.05) is 19.3 Å². The molecular weight excluding hydrogens is 140 g/mol. The van der Waals surface area contributed by atoms with Gasteiger partial charge in [-0.25, -0.2) is 0 Å². The Morgan fingerprint density at radius 1 is 1.33 bits per heavy atom. The summed E-state index contributed by atoms with van der Waals surface area (Å²) in [6.07, 6.45) is -0.149. The second-order valence-corrected chi connectivity index (χ2v) is 3.64. The Balaban J connectivity index is 3.07. The van der Waals surface area contributed by atoms with Gasteiger partial charge in [-0.05, 0) is 0 Å². The number of hydrogen-bond acceptors (Lipinski definition) is 5. The maximum absolute atomic E-state index is 8.39. The van der Waals surface area contributed by atoms with Crippen LogP contribution >= 0.6 is 0 Å². The van der Waals surface area contributed by atoms with Crippen LogP contribution in [0.1, 0.15) is 0 Å². The number of hydrogen-bond donors (Lipinski definition) is 5. The quantitative estimate of drug-likeness (QED) is 0.218. The van der Waals surface area contributed by atoms with Crippen molar-refractivity contribution in [2.24, 2.45) is 5.73 Å². The highest BCUT2D eigenvalue weighted by Gasteiger charge is 2.25. The first-order valence-electron chi connectivity index (χ1n) is 2.64. The van der Waals surface area contributed by atoms with Gasteiger partial charge < -0.3 is 25.4 Å². The Morgan fingerprint density at radius 3 is 2.22 bits per heavy atom. The van der Waals surface area contributed by atoms with Gasteiger partial charge >= 0.3 is 8.80 Å². The Labute approximate surface area is 54.5 Å². The van der Waals surface area contributed by atoms with Crippen LogP contribution in [0.2, 0.25) is 0 Å². The highest BCUT2D eigenvalue weighted by Crippen LogP contribution is 1.78. The lowest BCUT2D eigenvalue weighted by atomic mass is 10.7. The molecule has 0 spiro atoms. The van der Waals surface area contributed by atoms with Crippen LogP contribution in [0.3, 0.4) is 0 Å². The lowest BCUT2D eigenvalue weighted by Gasteiger charge is -2.08.